The molecule has 0 saturated carbocycles. The van der Waals surface area contributed by atoms with Crippen molar-refractivity contribution in [3.05, 3.63) is 30.3 Å². The molecule has 0 aromatic rings. The number of hydrogen-bond donors (Lipinski definition) is 0. The molecule has 0 aliphatic carbocycles. The first-order valence-electron chi connectivity index (χ1n) is 3.97. The number of carbonyl (C=O) groups excluding carboxylic acids is 1. The summed E-state index contributed by atoms with van der Waals surface area (Å²) in [6.45, 7) is -1.37. The summed E-state index contributed by atoms with van der Waals surface area (Å²) in [6, 6.07) is 0. The maximum atomic E-state index is 10.5. The minimum absolute atomic E-state index is 0.0799. The first kappa shape index (κ1) is 14.4. The number of aliphatic imine (C=N–C) groups is 1. The van der Waals surface area contributed by atoms with Gasteiger partial charge in [0.05, 0.1) is 6.92 Å². The summed E-state index contributed by atoms with van der Waals surface area (Å²) in [7, 11) is 0. The summed E-state index contributed by atoms with van der Waals surface area (Å²) in [6.07, 6.45) is 0.986. The van der Waals surface area contributed by atoms with Gasteiger partial charge in [0, 0.05) is 0 Å². The summed E-state index contributed by atoms with van der Waals surface area (Å²) in [5, 5.41) is 30.4. The van der Waals surface area contributed by atoms with Crippen LogP contribution in [0, 0.1) is 30.3 Å². The Bertz CT molecular complexity index is 374. The van der Waals surface area contributed by atoms with E-state index < -0.39 is 33.8 Å². The van der Waals surface area contributed by atoms with Crippen LogP contribution < -0.4 is 0 Å². The van der Waals surface area contributed by atoms with Crippen molar-refractivity contribution in [1.29, 1.82) is 0 Å². The standard InChI is InChI=1S/C5H7N5O7/c1-5(8(12)13,9(14)15)2-7(10(16)17)3-6-4-11/h2-3H2,1H3. The van der Waals surface area contributed by atoms with Gasteiger partial charge in [0.15, 0.2) is 11.7 Å². The lowest BCUT2D eigenvalue weighted by molar-refractivity contribution is -0.805. The molecule has 0 radical (unpaired) electrons. The number of rotatable bonds is 7. The van der Waals surface area contributed by atoms with Gasteiger partial charge in [-0.25, -0.2) is 14.9 Å². The van der Waals surface area contributed by atoms with Gasteiger partial charge in [-0.3, -0.25) is 20.2 Å². The number of hydrazine groups is 1. The first-order valence-corrected chi connectivity index (χ1v) is 3.97. The Morgan fingerprint density at radius 2 is 1.71 bits per heavy atom. The number of nitro groups is 3. The second-order valence-corrected chi connectivity index (χ2v) is 3.02. The Labute approximate surface area is 92.9 Å². The maximum Gasteiger partial charge on any atom is 0.478 e. The number of isocyanates is 1. The van der Waals surface area contributed by atoms with Crippen molar-refractivity contribution >= 4 is 6.08 Å². The maximum absolute atomic E-state index is 10.5. The van der Waals surface area contributed by atoms with E-state index in [1.165, 1.54) is 0 Å². The lowest BCUT2D eigenvalue weighted by Crippen LogP contribution is -2.53. The van der Waals surface area contributed by atoms with Gasteiger partial charge in [-0.1, -0.05) is 5.01 Å². The fourth-order valence-corrected chi connectivity index (χ4v) is 0.798. The highest BCUT2D eigenvalue weighted by molar-refractivity contribution is 5.32. The van der Waals surface area contributed by atoms with Crippen molar-refractivity contribution in [2.45, 2.75) is 12.6 Å². The zero-order chi connectivity index (χ0) is 13.6. The zero-order valence-electron chi connectivity index (χ0n) is 8.51. The second kappa shape index (κ2) is 5.46. The number of hydrogen-bond acceptors (Lipinski definition) is 8. The molecular weight excluding hydrogens is 242 g/mol. The first-order chi connectivity index (χ1) is 7.75. The minimum Gasteiger partial charge on any atom is -0.258 e. The minimum atomic E-state index is -2.76. The lowest BCUT2D eigenvalue weighted by atomic mass is 10.2. The van der Waals surface area contributed by atoms with Crippen LogP contribution in [0.2, 0.25) is 0 Å². The predicted molar refractivity (Wildman–Crippen MR) is 49.1 cm³/mol. The smallest absolute Gasteiger partial charge is 0.258 e. The molecule has 0 aromatic heterocycles. The normalized spacial score (nSPS) is 10.2. The molecule has 0 rings (SSSR count). The van der Waals surface area contributed by atoms with Gasteiger partial charge in [-0.15, -0.1) is 0 Å². The molecule has 17 heavy (non-hydrogen) atoms. The van der Waals surface area contributed by atoms with E-state index in [9.17, 15) is 35.1 Å². The van der Waals surface area contributed by atoms with Gasteiger partial charge in [0.25, 0.3) is 0 Å². The van der Waals surface area contributed by atoms with Crippen LogP contribution in [0.25, 0.3) is 0 Å². The highest BCUT2D eigenvalue weighted by Crippen LogP contribution is 2.12. The summed E-state index contributed by atoms with van der Waals surface area (Å²) in [4.78, 5) is 41.5. The van der Waals surface area contributed by atoms with Gasteiger partial charge in [0.2, 0.25) is 12.6 Å². The summed E-state index contributed by atoms with van der Waals surface area (Å²) >= 11 is 0. The highest BCUT2D eigenvalue weighted by Gasteiger charge is 2.54. The highest BCUT2D eigenvalue weighted by atomic mass is 16.7. The summed E-state index contributed by atoms with van der Waals surface area (Å²) < 4.78 is 0. The Balaban J connectivity index is 5.06. The van der Waals surface area contributed by atoms with Crippen LogP contribution in [0.5, 0.6) is 0 Å². The molecule has 94 valence electrons. The van der Waals surface area contributed by atoms with E-state index in [4.69, 9.17) is 0 Å². The Morgan fingerprint density at radius 1 is 1.24 bits per heavy atom. The summed E-state index contributed by atoms with van der Waals surface area (Å²) in [5.74, 6) is 0. The SMILES string of the molecule is CC(CN(CN=C=O)[N+](=O)[O-])([N+](=O)[O-])[N+](=O)[O-]. The zero-order valence-corrected chi connectivity index (χ0v) is 8.51. The van der Waals surface area contributed by atoms with Gasteiger partial charge in [-0.2, -0.15) is 4.99 Å². The van der Waals surface area contributed by atoms with Crippen LogP contribution in [0.15, 0.2) is 4.99 Å². The van der Waals surface area contributed by atoms with E-state index in [1.54, 1.807) is 0 Å². The Morgan fingerprint density at radius 3 is 2.00 bits per heavy atom. The third-order valence-electron chi connectivity index (χ3n) is 1.80. The predicted octanol–water partition coefficient (Wildman–Crippen LogP) is -0.957. The van der Waals surface area contributed by atoms with Crippen LogP contribution in [0.3, 0.4) is 0 Å². The quantitative estimate of drug-likeness (QED) is 0.183. The van der Waals surface area contributed by atoms with E-state index >= 15 is 0 Å². The molecule has 0 aromatic carbocycles. The molecule has 0 heterocycles. The molecule has 12 nitrogen and oxygen atoms in total. The second-order valence-electron chi connectivity index (χ2n) is 3.02. The topological polar surface area (TPSA) is 162 Å². The van der Waals surface area contributed by atoms with Crippen LogP contribution in [-0.2, 0) is 4.79 Å². The lowest BCUT2D eigenvalue weighted by Gasteiger charge is -2.16. The molecule has 0 atom stereocenters. The number of nitrogens with zero attached hydrogens (tertiary/aromatic N) is 5. The largest absolute Gasteiger partial charge is 0.478 e. The Kier molecular flexibility index (Phi) is 4.62. The fourth-order valence-electron chi connectivity index (χ4n) is 0.798. The molecule has 0 aliphatic heterocycles. The van der Waals surface area contributed by atoms with E-state index in [2.05, 4.69) is 4.99 Å². The molecule has 12 heteroatoms. The third kappa shape index (κ3) is 3.46. The van der Waals surface area contributed by atoms with Crippen LogP contribution in [-0.4, -0.2) is 44.8 Å². The average Bonchev–Trinajstić information content (AvgIpc) is 2.22. The van der Waals surface area contributed by atoms with Gasteiger partial charge >= 0.3 is 5.66 Å². The van der Waals surface area contributed by atoms with Crippen LogP contribution in [0.1, 0.15) is 6.92 Å². The molecule has 0 bridgehead atoms. The molecule has 0 fully saturated rings. The van der Waals surface area contributed by atoms with Crippen molar-refractivity contribution < 1.29 is 19.7 Å². The van der Waals surface area contributed by atoms with Crippen molar-refractivity contribution in [2.75, 3.05) is 13.2 Å². The van der Waals surface area contributed by atoms with Crippen LogP contribution >= 0.6 is 0 Å². The van der Waals surface area contributed by atoms with E-state index in [0.717, 1.165) is 6.08 Å². The van der Waals surface area contributed by atoms with Crippen molar-refractivity contribution in [1.82, 2.24) is 5.01 Å². The Hall–Kier alpha value is -2.62. The molecule has 0 N–H and O–H groups in total. The molecule has 0 spiro atoms. The van der Waals surface area contributed by atoms with E-state index in [0.29, 0.717) is 6.92 Å². The molecular formula is C5H7N5O7. The van der Waals surface area contributed by atoms with E-state index in [1.807, 2.05) is 0 Å². The van der Waals surface area contributed by atoms with Gasteiger partial charge < -0.3 is 0 Å². The van der Waals surface area contributed by atoms with Crippen molar-refractivity contribution in [3.63, 3.8) is 0 Å². The molecule has 0 unspecified atom stereocenters. The average molecular weight is 249 g/mol. The van der Waals surface area contributed by atoms with Crippen LogP contribution in [0.4, 0.5) is 0 Å². The summed E-state index contributed by atoms with van der Waals surface area (Å²) in [5.41, 5.74) is -2.76. The van der Waals surface area contributed by atoms with Crippen molar-refractivity contribution in [3.8, 4) is 0 Å². The van der Waals surface area contributed by atoms with E-state index in [-0.39, 0.29) is 5.01 Å². The monoisotopic (exact) mass is 249 g/mol. The molecule has 0 saturated heterocycles. The molecule has 0 aliphatic rings. The molecule has 0 amide bonds. The van der Waals surface area contributed by atoms with Gasteiger partial charge in [0.1, 0.15) is 9.85 Å². The third-order valence-corrected chi connectivity index (χ3v) is 1.80. The van der Waals surface area contributed by atoms with Crippen molar-refractivity contribution in [2.24, 2.45) is 4.99 Å². The van der Waals surface area contributed by atoms with Gasteiger partial charge in [-0.05, 0) is 0 Å². The fraction of sp³-hybridized carbons (Fsp3) is 0.800.